The summed E-state index contributed by atoms with van der Waals surface area (Å²) in [6.45, 7) is 2.77. The number of aryl methyl sites for hydroxylation is 1. The molecule has 0 aliphatic carbocycles. The molecule has 1 aromatic heterocycles. The molecule has 0 radical (unpaired) electrons. The number of aromatic nitrogens is 2. The van der Waals surface area contributed by atoms with E-state index in [2.05, 4.69) is 22.5 Å². The number of para-hydroxylation sites is 1. The number of rotatable bonds is 5. The van der Waals surface area contributed by atoms with E-state index in [4.69, 9.17) is 16.3 Å². The molecule has 0 N–H and O–H groups in total. The van der Waals surface area contributed by atoms with Crippen molar-refractivity contribution in [1.29, 1.82) is 5.26 Å². The van der Waals surface area contributed by atoms with Gasteiger partial charge in [-0.05, 0) is 36.2 Å². The topological polar surface area (TPSA) is 50.8 Å². The van der Waals surface area contributed by atoms with Gasteiger partial charge in [0.1, 0.15) is 17.6 Å². The molecule has 4 nitrogen and oxygen atoms in total. The molecular formula is C19H16ClN3O. The van der Waals surface area contributed by atoms with Crippen LogP contribution in [0.4, 0.5) is 0 Å². The Balaban J connectivity index is 1.91. The lowest BCUT2D eigenvalue weighted by molar-refractivity contribution is 0.480. The van der Waals surface area contributed by atoms with Gasteiger partial charge in [0, 0.05) is 18.4 Å². The summed E-state index contributed by atoms with van der Waals surface area (Å²) in [5.41, 5.74) is 2.66. The Morgan fingerprint density at radius 1 is 1.21 bits per heavy atom. The van der Waals surface area contributed by atoms with Crippen LogP contribution in [0.15, 0.2) is 55.0 Å². The van der Waals surface area contributed by atoms with Crippen LogP contribution in [0.2, 0.25) is 5.02 Å². The fourth-order valence-electron chi connectivity index (χ4n) is 2.47. The average molecular weight is 338 g/mol. The second-order valence-corrected chi connectivity index (χ2v) is 5.75. The molecule has 0 unspecified atom stereocenters. The molecule has 0 spiro atoms. The van der Waals surface area contributed by atoms with Gasteiger partial charge in [-0.25, -0.2) is 4.98 Å². The van der Waals surface area contributed by atoms with Crippen molar-refractivity contribution in [2.45, 2.75) is 19.9 Å². The van der Waals surface area contributed by atoms with Gasteiger partial charge in [-0.15, -0.1) is 0 Å². The highest BCUT2D eigenvalue weighted by Gasteiger charge is 2.10. The normalized spacial score (nSPS) is 10.4. The molecule has 120 valence electrons. The first-order chi connectivity index (χ1) is 11.7. The molecule has 3 rings (SSSR count). The van der Waals surface area contributed by atoms with Crippen LogP contribution in [0.1, 0.15) is 23.7 Å². The lowest BCUT2D eigenvalue weighted by Crippen LogP contribution is -2.03. The van der Waals surface area contributed by atoms with Crippen LogP contribution in [0.3, 0.4) is 0 Å². The number of nitriles is 1. The summed E-state index contributed by atoms with van der Waals surface area (Å²) in [7, 11) is 0. The average Bonchev–Trinajstić information content (AvgIpc) is 3.04. The van der Waals surface area contributed by atoms with Crippen LogP contribution >= 0.6 is 11.6 Å². The highest BCUT2D eigenvalue weighted by Crippen LogP contribution is 2.31. The van der Waals surface area contributed by atoms with Crippen molar-refractivity contribution in [2.75, 3.05) is 0 Å². The summed E-state index contributed by atoms with van der Waals surface area (Å²) in [6.07, 6.45) is 4.59. The van der Waals surface area contributed by atoms with Crippen molar-refractivity contribution in [3.05, 3.63) is 76.8 Å². The Labute approximate surface area is 145 Å². The highest BCUT2D eigenvalue weighted by molar-refractivity contribution is 6.32. The predicted molar refractivity (Wildman–Crippen MR) is 93.4 cm³/mol. The Morgan fingerprint density at radius 3 is 2.79 bits per heavy atom. The minimum absolute atomic E-state index is 0.472. The zero-order valence-electron chi connectivity index (χ0n) is 13.2. The maximum absolute atomic E-state index is 9.32. The maximum Gasteiger partial charge on any atom is 0.146 e. The third-order valence-corrected chi connectivity index (χ3v) is 4.05. The number of halogens is 1. The van der Waals surface area contributed by atoms with Crippen molar-refractivity contribution >= 4 is 11.6 Å². The van der Waals surface area contributed by atoms with E-state index in [1.807, 2.05) is 36.8 Å². The summed E-state index contributed by atoms with van der Waals surface area (Å²) < 4.78 is 7.95. The van der Waals surface area contributed by atoms with Crippen LogP contribution < -0.4 is 4.74 Å². The minimum Gasteiger partial charge on any atom is -0.454 e. The molecule has 0 bridgehead atoms. The van der Waals surface area contributed by atoms with E-state index in [9.17, 15) is 5.26 Å². The van der Waals surface area contributed by atoms with Gasteiger partial charge in [-0.1, -0.05) is 36.7 Å². The van der Waals surface area contributed by atoms with Crippen molar-refractivity contribution in [1.82, 2.24) is 9.55 Å². The van der Waals surface area contributed by atoms with Gasteiger partial charge < -0.3 is 9.30 Å². The summed E-state index contributed by atoms with van der Waals surface area (Å²) in [5, 5.41) is 9.83. The van der Waals surface area contributed by atoms with E-state index in [0.29, 0.717) is 28.6 Å². The molecule has 2 aromatic carbocycles. The predicted octanol–water partition coefficient (Wildman–Crippen LogP) is 4.81. The molecule has 0 aliphatic rings. The molecule has 0 saturated carbocycles. The molecule has 5 heteroatoms. The third-order valence-electron chi connectivity index (χ3n) is 3.74. The lowest BCUT2D eigenvalue weighted by Gasteiger charge is -2.12. The van der Waals surface area contributed by atoms with Gasteiger partial charge in [0.05, 0.1) is 16.9 Å². The van der Waals surface area contributed by atoms with Gasteiger partial charge in [-0.3, -0.25) is 0 Å². The number of hydrogen-bond donors (Lipinski definition) is 0. The molecule has 24 heavy (non-hydrogen) atoms. The molecular weight excluding hydrogens is 322 g/mol. The van der Waals surface area contributed by atoms with Crippen LogP contribution in [0.5, 0.6) is 11.5 Å². The fraction of sp³-hybridized carbons (Fsp3) is 0.158. The molecule has 0 amide bonds. The minimum atomic E-state index is 0.472. The number of imidazole rings is 1. The van der Waals surface area contributed by atoms with Crippen molar-refractivity contribution in [3.63, 3.8) is 0 Å². The van der Waals surface area contributed by atoms with E-state index >= 15 is 0 Å². The highest BCUT2D eigenvalue weighted by atomic mass is 35.5. The van der Waals surface area contributed by atoms with Gasteiger partial charge in [0.15, 0.2) is 0 Å². The Morgan fingerprint density at radius 2 is 2.04 bits per heavy atom. The van der Waals surface area contributed by atoms with Crippen LogP contribution in [-0.2, 0) is 13.0 Å². The molecule has 1 heterocycles. The van der Waals surface area contributed by atoms with Crippen molar-refractivity contribution < 1.29 is 4.74 Å². The first kappa shape index (κ1) is 16.1. The van der Waals surface area contributed by atoms with Crippen LogP contribution in [-0.4, -0.2) is 9.55 Å². The van der Waals surface area contributed by atoms with E-state index in [1.54, 1.807) is 18.2 Å². The molecule has 0 fully saturated rings. The maximum atomic E-state index is 9.32. The smallest absolute Gasteiger partial charge is 0.146 e. The van der Waals surface area contributed by atoms with E-state index in [-0.39, 0.29) is 0 Å². The summed E-state index contributed by atoms with van der Waals surface area (Å²) in [6, 6.07) is 14.9. The van der Waals surface area contributed by atoms with Gasteiger partial charge in [0.25, 0.3) is 0 Å². The van der Waals surface area contributed by atoms with Crippen LogP contribution in [0, 0.1) is 11.3 Å². The van der Waals surface area contributed by atoms with Crippen molar-refractivity contribution in [3.8, 4) is 17.6 Å². The second-order valence-electron chi connectivity index (χ2n) is 5.34. The first-order valence-electron chi connectivity index (χ1n) is 7.65. The molecule has 0 aliphatic heterocycles. The number of hydrogen-bond acceptors (Lipinski definition) is 3. The SMILES string of the molecule is CCc1cncn1Cc1ccc(C#N)c(Oc2ccccc2Cl)c1. The Hall–Kier alpha value is -2.77. The number of benzene rings is 2. The summed E-state index contributed by atoms with van der Waals surface area (Å²) in [5.74, 6) is 1.03. The summed E-state index contributed by atoms with van der Waals surface area (Å²) in [4.78, 5) is 4.19. The largest absolute Gasteiger partial charge is 0.454 e. The third kappa shape index (κ3) is 3.42. The monoisotopic (exact) mass is 337 g/mol. The zero-order valence-corrected chi connectivity index (χ0v) is 14.0. The molecule has 0 saturated heterocycles. The fourth-order valence-corrected chi connectivity index (χ4v) is 2.64. The second kappa shape index (κ2) is 7.20. The van der Waals surface area contributed by atoms with Gasteiger partial charge >= 0.3 is 0 Å². The zero-order chi connectivity index (χ0) is 16.9. The first-order valence-corrected chi connectivity index (χ1v) is 8.03. The van der Waals surface area contributed by atoms with Crippen LogP contribution in [0.25, 0.3) is 0 Å². The molecule has 3 aromatic rings. The van der Waals surface area contributed by atoms with E-state index in [0.717, 1.165) is 17.7 Å². The van der Waals surface area contributed by atoms with E-state index < -0.39 is 0 Å². The molecule has 0 atom stereocenters. The van der Waals surface area contributed by atoms with Crippen molar-refractivity contribution in [2.24, 2.45) is 0 Å². The number of nitrogens with zero attached hydrogens (tertiary/aromatic N) is 3. The van der Waals surface area contributed by atoms with Gasteiger partial charge in [0.2, 0.25) is 0 Å². The quantitative estimate of drug-likeness (QED) is 0.671. The van der Waals surface area contributed by atoms with E-state index in [1.165, 1.54) is 0 Å². The standard InChI is InChI=1S/C19H16ClN3O/c1-2-16-11-22-13-23(16)12-14-7-8-15(10-21)19(9-14)24-18-6-4-3-5-17(18)20/h3-9,11,13H,2,12H2,1H3. The Kier molecular flexibility index (Phi) is 4.83. The summed E-state index contributed by atoms with van der Waals surface area (Å²) >= 11 is 6.14. The van der Waals surface area contributed by atoms with Gasteiger partial charge in [-0.2, -0.15) is 5.26 Å². The lowest BCUT2D eigenvalue weighted by atomic mass is 10.1. The number of ether oxygens (including phenoxy) is 1. The Bertz CT molecular complexity index is 896.